The van der Waals surface area contributed by atoms with E-state index in [0.717, 1.165) is 0 Å². The number of anilines is 1. The van der Waals surface area contributed by atoms with Gasteiger partial charge in [0.15, 0.2) is 6.10 Å². The molecule has 2 rings (SSSR count). The third kappa shape index (κ3) is 2.84. The maximum absolute atomic E-state index is 12.6. The van der Waals surface area contributed by atoms with Gasteiger partial charge in [0.1, 0.15) is 0 Å². The van der Waals surface area contributed by atoms with E-state index in [1.807, 2.05) is 0 Å². The highest BCUT2D eigenvalue weighted by Crippen LogP contribution is 2.34. The maximum atomic E-state index is 12.6. The van der Waals surface area contributed by atoms with Crippen molar-refractivity contribution in [2.24, 2.45) is 0 Å². The smallest absolute Gasteiger partial charge is 0.382 e. The molecule has 1 fully saturated rings. The van der Waals surface area contributed by atoms with Crippen molar-refractivity contribution in [2.45, 2.75) is 31.2 Å². The Labute approximate surface area is 112 Å². The first-order chi connectivity index (χ1) is 9.30. The van der Waals surface area contributed by atoms with E-state index in [1.165, 1.54) is 29.2 Å². The minimum Gasteiger partial charge on any atom is -0.382 e. The van der Waals surface area contributed by atoms with Gasteiger partial charge in [-0.2, -0.15) is 13.2 Å². The molecule has 1 N–H and O–H groups in total. The second-order valence-electron chi connectivity index (χ2n) is 4.66. The lowest BCUT2D eigenvalue weighted by Gasteiger charge is -2.31. The van der Waals surface area contributed by atoms with E-state index in [4.69, 9.17) is 0 Å². The third-order valence-electron chi connectivity index (χ3n) is 3.39. The number of non-ortho nitro benzene ring substituents is 1. The van der Waals surface area contributed by atoms with Crippen molar-refractivity contribution in [3.05, 3.63) is 34.4 Å². The standard InChI is InChI=1S/C12H13F3N2O3/c13-12(14,15)11(18)10-2-1-7-16(10)8-3-5-9(6-4-8)17(19)20/h3-6,10-11,18H,1-2,7H2/t10-,11+/m1/s1. The summed E-state index contributed by atoms with van der Waals surface area (Å²) < 4.78 is 37.8. The Hall–Kier alpha value is -1.83. The predicted octanol–water partition coefficient (Wildman–Crippen LogP) is 2.49. The number of benzene rings is 1. The topological polar surface area (TPSA) is 66.6 Å². The number of alkyl halides is 3. The van der Waals surface area contributed by atoms with Crippen LogP contribution >= 0.6 is 0 Å². The Morgan fingerprint density at radius 1 is 1.35 bits per heavy atom. The normalized spacial score (nSPS) is 21.0. The monoisotopic (exact) mass is 290 g/mol. The Morgan fingerprint density at radius 3 is 2.45 bits per heavy atom. The van der Waals surface area contributed by atoms with E-state index in [0.29, 0.717) is 18.7 Å². The third-order valence-corrected chi connectivity index (χ3v) is 3.39. The Balaban J connectivity index is 2.20. The summed E-state index contributed by atoms with van der Waals surface area (Å²) in [6.07, 6.45) is -6.32. The first kappa shape index (κ1) is 14.6. The van der Waals surface area contributed by atoms with Crippen LogP contribution in [0.5, 0.6) is 0 Å². The lowest BCUT2D eigenvalue weighted by molar-refractivity contribution is -0.384. The zero-order valence-electron chi connectivity index (χ0n) is 10.4. The fourth-order valence-corrected chi connectivity index (χ4v) is 2.43. The van der Waals surface area contributed by atoms with Gasteiger partial charge in [-0.05, 0) is 25.0 Å². The summed E-state index contributed by atoms with van der Waals surface area (Å²) in [5, 5.41) is 19.9. The van der Waals surface area contributed by atoms with Gasteiger partial charge in [0, 0.05) is 24.4 Å². The molecule has 0 amide bonds. The highest BCUT2D eigenvalue weighted by molar-refractivity contribution is 5.52. The number of halogens is 3. The number of nitro benzene ring substituents is 1. The molecule has 0 radical (unpaired) electrons. The fraction of sp³-hybridized carbons (Fsp3) is 0.500. The molecule has 1 aromatic rings. The van der Waals surface area contributed by atoms with Crippen LogP contribution in [-0.4, -0.2) is 34.9 Å². The first-order valence-corrected chi connectivity index (χ1v) is 6.06. The molecule has 0 spiro atoms. The van der Waals surface area contributed by atoms with E-state index >= 15 is 0 Å². The molecular formula is C12H13F3N2O3. The minimum atomic E-state index is -4.67. The average Bonchev–Trinajstić information content (AvgIpc) is 2.85. The number of aliphatic hydroxyl groups is 1. The Morgan fingerprint density at radius 2 is 1.95 bits per heavy atom. The van der Waals surface area contributed by atoms with Crippen molar-refractivity contribution in [3.63, 3.8) is 0 Å². The van der Waals surface area contributed by atoms with Crippen molar-refractivity contribution in [3.8, 4) is 0 Å². The van der Waals surface area contributed by atoms with Gasteiger partial charge in [0.2, 0.25) is 0 Å². The summed E-state index contributed by atoms with van der Waals surface area (Å²) >= 11 is 0. The second kappa shape index (κ2) is 5.28. The SMILES string of the molecule is O=[N+]([O-])c1ccc(N2CCC[C@@H]2[C@H](O)C(F)(F)F)cc1. The molecule has 0 saturated carbocycles. The molecule has 1 aromatic carbocycles. The van der Waals surface area contributed by atoms with Crippen LogP contribution in [0, 0.1) is 10.1 Å². The average molecular weight is 290 g/mol. The van der Waals surface area contributed by atoms with Gasteiger partial charge in [-0.3, -0.25) is 10.1 Å². The van der Waals surface area contributed by atoms with Crippen molar-refractivity contribution >= 4 is 11.4 Å². The highest BCUT2D eigenvalue weighted by atomic mass is 19.4. The van der Waals surface area contributed by atoms with Crippen LogP contribution in [0.25, 0.3) is 0 Å². The van der Waals surface area contributed by atoms with E-state index in [1.54, 1.807) is 0 Å². The number of rotatable bonds is 3. The molecule has 5 nitrogen and oxygen atoms in total. The number of aliphatic hydroxyl groups excluding tert-OH is 1. The van der Waals surface area contributed by atoms with Crippen LogP contribution in [0.2, 0.25) is 0 Å². The predicted molar refractivity (Wildman–Crippen MR) is 65.5 cm³/mol. The summed E-state index contributed by atoms with van der Waals surface area (Å²) in [6, 6.07) is 4.24. The van der Waals surface area contributed by atoms with Crippen molar-refractivity contribution < 1.29 is 23.2 Å². The molecule has 8 heteroatoms. The molecule has 0 aromatic heterocycles. The van der Waals surface area contributed by atoms with Gasteiger partial charge in [-0.25, -0.2) is 0 Å². The molecular weight excluding hydrogens is 277 g/mol. The zero-order chi connectivity index (χ0) is 14.9. The molecule has 2 atom stereocenters. The van der Waals surface area contributed by atoms with E-state index in [9.17, 15) is 28.4 Å². The van der Waals surface area contributed by atoms with Gasteiger partial charge >= 0.3 is 6.18 Å². The molecule has 20 heavy (non-hydrogen) atoms. The highest BCUT2D eigenvalue weighted by Gasteiger charge is 2.47. The largest absolute Gasteiger partial charge is 0.416 e. The fourth-order valence-electron chi connectivity index (χ4n) is 2.43. The van der Waals surface area contributed by atoms with Gasteiger partial charge in [-0.15, -0.1) is 0 Å². The van der Waals surface area contributed by atoms with E-state index in [-0.39, 0.29) is 12.1 Å². The molecule has 1 saturated heterocycles. The van der Waals surface area contributed by atoms with Crippen molar-refractivity contribution in [2.75, 3.05) is 11.4 Å². The van der Waals surface area contributed by atoms with Gasteiger partial charge in [-0.1, -0.05) is 0 Å². The van der Waals surface area contributed by atoms with E-state index < -0.39 is 23.2 Å². The Kier molecular flexibility index (Phi) is 3.85. The van der Waals surface area contributed by atoms with E-state index in [2.05, 4.69) is 0 Å². The van der Waals surface area contributed by atoms with Crippen LogP contribution in [0.1, 0.15) is 12.8 Å². The molecule has 1 aliphatic rings. The quantitative estimate of drug-likeness (QED) is 0.686. The van der Waals surface area contributed by atoms with Crippen LogP contribution in [-0.2, 0) is 0 Å². The minimum absolute atomic E-state index is 0.124. The summed E-state index contributed by atoms with van der Waals surface area (Å²) in [4.78, 5) is 11.4. The zero-order valence-corrected chi connectivity index (χ0v) is 10.4. The molecule has 1 aliphatic heterocycles. The van der Waals surface area contributed by atoms with Gasteiger partial charge in [0.25, 0.3) is 5.69 Å². The first-order valence-electron chi connectivity index (χ1n) is 6.06. The Bertz CT molecular complexity index is 490. The lowest BCUT2D eigenvalue weighted by Crippen LogP contribution is -2.47. The second-order valence-corrected chi connectivity index (χ2v) is 4.66. The van der Waals surface area contributed by atoms with Gasteiger partial charge in [0.05, 0.1) is 11.0 Å². The molecule has 0 unspecified atom stereocenters. The number of hydrogen-bond donors (Lipinski definition) is 1. The summed E-state index contributed by atoms with van der Waals surface area (Å²) in [5.41, 5.74) is 0.322. The number of hydrogen-bond acceptors (Lipinski definition) is 4. The lowest BCUT2D eigenvalue weighted by atomic mass is 10.1. The molecule has 1 heterocycles. The van der Waals surface area contributed by atoms with Crippen molar-refractivity contribution in [1.82, 2.24) is 0 Å². The number of nitrogens with zero attached hydrogens (tertiary/aromatic N) is 2. The molecule has 110 valence electrons. The summed E-state index contributed by atoms with van der Waals surface area (Å²) in [7, 11) is 0. The summed E-state index contributed by atoms with van der Waals surface area (Å²) in [5.74, 6) is 0. The van der Waals surface area contributed by atoms with Crippen LogP contribution < -0.4 is 4.90 Å². The van der Waals surface area contributed by atoms with Crippen LogP contribution in [0.3, 0.4) is 0 Å². The summed E-state index contributed by atoms with van der Waals surface area (Å²) in [6.45, 7) is 0.385. The van der Waals surface area contributed by atoms with Gasteiger partial charge < -0.3 is 10.0 Å². The van der Waals surface area contributed by atoms with Crippen molar-refractivity contribution in [1.29, 1.82) is 0 Å². The van der Waals surface area contributed by atoms with Crippen LogP contribution in [0.4, 0.5) is 24.5 Å². The number of nitro groups is 1. The molecule has 0 bridgehead atoms. The van der Waals surface area contributed by atoms with Crippen LogP contribution in [0.15, 0.2) is 24.3 Å². The maximum Gasteiger partial charge on any atom is 0.416 e. The molecule has 0 aliphatic carbocycles.